The predicted molar refractivity (Wildman–Crippen MR) is 102 cm³/mol. The van der Waals surface area contributed by atoms with Gasteiger partial charge in [-0.05, 0) is 37.8 Å². The Labute approximate surface area is 159 Å². The van der Waals surface area contributed by atoms with Crippen molar-refractivity contribution in [2.75, 3.05) is 26.2 Å². The van der Waals surface area contributed by atoms with Crippen molar-refractivity contribution in [1.29, 1.82) is 0 Å². The van der Waals surface area contributed by atoms with Gasteiger partial charge in [-0.1, -0.05) is 30.3 Å². The number of hydrogen-bond donors (Lipinski definition) is 3. The molecule has 7 nitrogen and oxygen atoms in total. The largest absolute Gasteiger partial charge is 0.350 e. The third kappa shape index (κ3) is 5.53. The summed E-state index contributed by atoms with van der Waals surface area (Å²) in [6.07, 6.45) is 3.24. The van der Waals surface area contributed by atoms with Gasteiger partial charge in [-0.3, -0.25) is 14.4 Å². The van der Waals surface area contributed by atoms with Crippen LogP contribution < -0.4 is 16.0 Å². The molecule has 0 aromatic heterocycles. The van der Waals surface area contributed by atoms with Crippen LogP contribution in [0.5, 0.6) is 0 Å². The fourth-order valence-electron chi connectivity index (χ4n) is 3.65. The van der Waals surface area contributed by atoms with Crippen LogP contribution in [0.3, 0.4) is 0 Å². The Bertz CT molecular complexity index is 650. The van der Waals surface area contributed by atoms with Gasteiger partial charge >= 0.3 is 0 Å². The molecule has 2 saturated heterocycles. The molecule has 0 bridgehead atoms. The van der Waals surface area contributed by atoms with Crippen molar-refractivity contribution in [3.63, 3.8) is 0 Å². The number of carbonyl (C=O) groups excluding carboxylic acids is 3. The Morgan fingerprint density at radius 2 is 1.78 bits per heavy atom. The molecule has 2 heterocycles. The maximum Gasteiger partial charge on any atom is 0.239 e. The molecule has 146 valence electrons. The summed E-state index contributed by atoms with van der Waals surface area (Å²) in [6, 6.07) is 9.59. The van der Waals surface area contributed by atoms with Gasteiger partial charge in [0.25, 0.3) is 0 Å². The van der Waals surface area contributed by atoms with E-state index in [4.69, 9.17) is 0 Å². The van der Waals surface area contributed by atoms with Crippen LogP contribution in [-0.4, -0.2) is 54.8 Å². The van der Waals surface area contributed by atoms with Crippen LogP contribution in [-0.2, 0) is 20.9 Å². The van der Waals surface area contributed by atoms with Crippen molar-refractivity contribution in [3.05, 3.63) is 35.9 Å². The standard InChI is InChI=1S/C20H28N4O3/c25-18(22-13-15-5-2-1-3-6-15)14-23-19(26)16-8-11-24(12-9-16)20(27)17-7-4-10-21-17/h1-3,5-6,16-17,21H,4,7-14H2,(H,22,25)(H,23,26)/t17-/m0/s1. The van der Waals surface area contributed by atoms with Gasteiger partial charge in [0.1, 0.15) is 0 Å². The molecule has 2 fully saturated rings. The number of piperidine rings is 1. The highest BCUT2D eigenvalue weighted by atomic mass is 16.2. The number of hydrogen-bond acceptors (Lipinski definition) is 4. The van der Waals surface area contributed by atoms with Gasteiger partial charge in [0.2, 0.25) is 17.7 Å². The first-order valence-electron chi connectivity index (χ1n) is 9.74. The molecule has 3 rings (SSSR count). The minimum absolute atomic E-state index is 0.0171. The molecule has 2 aliphatic heterocycles. The van der Waals surface area contributed by atoms with Crippen LogP contribution in [0.25, 0.3) is 0 Å². The normalized spacial score (nSPS) is 20.3. The zero-order valence-electron chi connectivity index (χ0n) is 15.6. The molecule has 3 N–H and O–H groups in total. The van der Waals surface area contributed by atoms with Crippen LogP contribution in [0.4, 0.5) is 0 Å². The van der Waals surface area contributed by atoms with Gasteiger partial charge in [-0.25, -0.2) is 0 Å². The Balaban J connectivity index is 1.34. The third-order valence-corrected chi connectivity index (χ3v) is 5.29. The summed E-state index contributed by atoms with van der Waals surface area (Å²) in [5, 5.41) is 8.75. The van der Waals surface area contributed by atoms with Crippen molar-refractivity contribution >= 4 is 17.7 Å². The average molecular weight is 372 g/mol. The second-order valence-corrected chi connectivity index (χ2v) is 7.23. The van der Waals surface area contributed by atoms with Gasteiger partial charge < -0.3 is 20.9 Å². The maximum absolute atomic E-state index is 12.4. The van der Waals surface area contributed by atoms with E-state index in [1.54, 1.807) is 0 Å². The van der Waals surface area contributed by atoms with Crippen LogP contribution in [0.2, 0.25) is 0 Å². The number of likely N-dealkylation sites (tertiary alicyclic amines) is 1. The van der Waals surface area contributed by atoms with Gasteiger partial charge in [-0.15, -0.1) is 0 Å². The van der Waals surface area contributed by atoms with Crippen LogP contribution >= 0.6 is 0 Å². The number of amides is 3. The Kier molecular flexibility index (Phi) is 6.81. The van der Waals surface area contributed by atoms with Crippen LogP contribution in [0, 0.1) is 5.92 Å². The van der Waals surface area contributed by atoms with E-state index in [1.807, 2.05) is 35.2 Å². The van der Waals surface area contributed by atoms with E-state index >= 15 is 0 Å². The van der Waals surface area contributed by atoms with Crippen LogP contribution in [0.15, 0.2) is 30.3 Å². The molecule has 0 radical (unpaired) electrons. The van der Waals surface area contributed by atoms with E-state index in [0.29, 0.717) is 32.5 Å². The minimum Gasteiger partial charge on any atom is -0.350 e. The average Bonchev–Trinajstić information content (AvgIpc) is 3.25. The van der Waals surface area contributed by atoms with E-state index in [-0.39, 0.29) is 36.2 Å². The number of rotatable bonds is 6. The second kappa shape index (κ2) is 9.50. The molecular formula is C20H28N4O3. The molecule has 1 aromatic carbocycles. The fraction of sp³-hybridized carbons (Fsp3) is 0.550. The smallest absolute Gasteiger partial charge is 0.239 e. The molecule has 3 amide bonds. The highest BCUT2D eigenvalue weighted by Crippen LogP contribution is 2.19. The fourth-order valence-corrected chi connectivity index (χ4v) is 3.65. The van der Waals surface area contributed by atoms with Gasteiger partial charge in [0.15, 0.2) is 0 Å². The van der Waals surface area contributed by atoms with Crippen molar-refractivity contribution in [2.45, 2.75) is 38.3 Å². The number of nitrogens with one attached hydrogen (secondary N) is 3. The second-order valence-electron chi connectivity index (χ2n) is 7.23. The number of carbonyl (C=O) groups is 3. The van der Waals surface area contributed by atoms with E-state index in [2.05, 4.69) is 16.0 Å². The molecule has 0 spiro atoms. The lowest BCUT2D eigenvalue weighted by Gasteiger charge is -2.33. The zero-order chi connectivity index (χ0) is 19.1. The van der Waals surface area contributed by atoms with E-state index < -0.39 is 0 Å². The SMILES string of the molecule is O=C(CNC(=O)C1CCN(C(=O)[C@@H]2CCCN2)CC1)NCc1ccccc1. The third-order valence-electron chi connectivity index (χ3n) is 5.29. The summed E-state index contributed by atoms with van der Waals surface area (Å²) >= 11 is 0. The molecule has 2 aliphatic rings. The van der Waals surface area contributed by atoms with E-state index in [0.717, 1.165) is 24.9 Å². The summed E-state index contributed by atoms with van der Waals surface area (Å²) in [7, 11) is 0. The van der Waals surface area contributed by atoms with E-state index in [9.17, 15) is 14.4 Å². The predicted octanol–water partition coefficient (Wildman–Crippen LogP) is 0.410. The van der Waals surface area contributed by atoms with Gasteiger partial charge in [-0.2, -0.15) is 0 Å². The molecule has 0 saturated carbocycles. The van der Waals surface area contributed by atoms with Crippen molar-refractivity contribution in [2.24, 2.45) is 5.92 Å². The zero-order valence-corrected chi connectivity index (χ0v) is 15.6. The summed E-state index contributed by atoms with van der Waals surface area (Å²) in [5.41, 5.74) is 1.02. The summed E-state index contributed by atoms with van der Waals surface area (Å²) in [4.78, 5) is 38.5. The monoisotopic (exact) mass is 372 g/mol. The van der Waals surface area contributed by atoms with E-state index in [1.165, 1.54) is 0 Å². The first-order chi connectivity index (χ1) is 13.1. The van der Waals surface area contributed by atoms with Crippen LogP contribution in [0.1, 0.15) is 31.2 Å². The minimum atomic E-state index is -0.202. The summed E-state index contributed by atoms with van der Waals surface area (Å²) in [6.45, 7) is 2.55. The Morgan fingerprint density at radius 3 is 2.44 bits per heavy atom. The highest BCUT2D eigenvalue weighted by Gasteiger charge is 2.31. The molecule has 27 heavy (non-hydrogen) atoms. The summed E-state index contributed by atoms with van der Waals surface area (Å²) in [5.74, 6) is -0.276. The first kappa shape index (κ1) is 19.4. The topological polar surface area (TPSA) is 90.5 Å². The van der Waals surface area contributed by atoms with Gasteiger partial charge in [0, 0.05) is 25.6 Å². The van der Waals surface area contributed by atoms with Crippen molar-refractivity contribution in [1.82, 2.24) is 20.9 Å². The molecular weight excluding hydrogens is 344 g/mol. The lowest BCUT2D eigenvalue weighted by atomic mass is 9.95. The highest BCUT2D eigenvalue weighted by molar-refractivity contribution is 5.86. The van der Waals surface area contributed by atoms with Gasteiger partial charge in [0.05, 0.1) is 12.6 Å². The van der Waals surface area contributed by atoms with Crippen molar-refractivity contribution in [3.8, 4) is 0 Å². The number of nitrogens with zero attached hydrogens (tertiary/aromatic N) is 1. The Hall–Kier alpha value is -2.41. The molecule has 7 heteroatoms. The molecule has 1 atom stereocenters. The maximum atomic E-state index is 12.4. The molecule has 1 aromatic rings. The quantitative estimate of drug-likeness (QED) is 0.675. The molecule has 0 unspecified atom stereocenters. The molecule has 0 aliphatic carbocycles. The number of benzene rings is 1. The van der Waals surface area contributed by atoms with Crippen molar-refractivity contribution < 1.29 is 14.4 Å². The Morgan fingerprint density at radius 1 is 1.04 bits per heavy atom. The first-order valence-corrected chi connectivity index (χ1v) is 9.74. The summed E-state index contributed by atoms with van der Waals surface area (Å²) < 4.78 is 0. The lowest BCUT2D eigenvalue weighted by Crippen LogP contribution is -2.49. The lowest BCUT2D eigenvalue weighted by molar-refractivity contribution is -0.137.